The molecule has 0 aromatic heterocycles. The molecule has 6 nitrogen and oxygen atoms in total. The summed E-state index contributed by atoms with van der Waals surface area (Å²) in [7, 11) is -3.48. The lowest BCUT2D eigenvalue weighted by atomic mass is 10.0. The number of piperazine rings is 1. The van der Waals surface area contributed by atoms with Crippen LogP contribution in [0.3, 0.4) is 0 Å². The quantitative estimate of drug-likeness (QED) is 0.833. The average Bonchev–Trinajstić information content (AvgIpc) is 3.10. The standard InChI is InChI=1S/C16H23N3O3S/c1-14(20)17-11-12-19(23(21,22)18-9-5-6-10-18)16(13-17)15-7-3-2-4-8-15/h2-4,7-8,16H,5-6,9-13H2,1H3/t16-/m0/s1. The van der Waals surface area contributed by atoms with Gasteiger partial charge in [0.05, 0.1) is 6.04 Å². The van der Waals surface area contributed by atoms with Crippen LogP contribution in [0.1, 0.15) is 31.4 Å². The van der Waals surface area contributed by atoms with E-state index in [2.05, 4.69) is 0 Å². The molecule has 1 atom stereocenters. The number of carbonyl (C=O) groups excluding carboxylic acids is 1. The average molecular weight is 337 g/mol. The fourth-order valence-electron chi connectivity index (χ4n) is 3.34. The largest absolute Gasteiger partial charge is 0.340 e. The van der Waals surface area contributed by atoms with Gasteiger partial charge in [-0.15, -0.1) is 0 Å². The Bertz CT molecular complexity index is 656. The van der Waals surface area contributed by atoms with Gasteiger partial charge in [-0.2, -0.15) is 17.0 Å². The summed E-state index contributed by atoms with van der Waals surface area (Å²) in [6.45, 7) is 3.93. The van der Waals surface area contributed by atoms with Crippen molar-refractivity contribution < 1.29 is 13.2 Å². The number of hydrogen-bond acceptors (Lipinski definition) is 3. The first kappa shape index (κ1) is 16.4. The fourth-order valence-corrected chi connectivity index (χ4v) is 5.18. The summed E-state index contributed by atoms with van der Waals surface area (Å²) in [6.07, 6.45) is 1.84. The second kappa shape index (κ2) is 6.59. The van der Waals surface area contributed by atoms with Gasteiger partial charge in [-0.3, -0.25) is 4.79 Å². The van der Waals surface area contributed by atoms with Crippen molar-refractivity contribution in [3.05, 3.63) is 35.9 Å². The molecule has 0 radical (unpaired) electrons. The van der Waals surface area contributed by atoms with Crippen LogP contribution in [0.15, 0.2) is 30.3 Å². The molecule has 2 aliphatic rings. The Labute approximate surface area is 137 Å². The second-order valence-electron chi connectivity index (χ2n) is 6.12. The number of carbonyl (C=O) groups is 1. The summed E-state index contributed by atoms with van der Waals surface area (Å²) in [4.78, 5) is 13.5. The molecule has 0 saturated carbocycles. The van der Waals surface area contributed by atoms with Gasteiger partial charge < -0.3 is 4.90 Å². The Hall–Kier alpha value is -1.44. The Morgan fingerprint density at radius 2 is 1.70 bits per heavy atom. The van der Waals surface area contributed by atoms with Crippen molar-refractivity contribution in [1.29, 1.82) is 0 Å². The second-order valence-corrected chi connectivity index (χ2v) is 8.00. The molecule has 0 bridgehead atoms. The lowest BCUT2D eigenvalue weighted by Crippen LogP contribution is -2.54. The van der Waals surface area contributed by atoms with E-state index in [9.17, 15) is 13.2 Å². The maximum Gasteiger partial charge on any atom is 0.282 e. The highest BCUT2D eigenvalue weighted by molar-refractivity contribution is 7.86. The molecule has 2 saturated heterocycles. The van der Waals surface area contributed by atoms with Crippen molar-refractivity contribution in [2.24, 2.45) is 0 Å². The number of hydrogen-bond donors (Lipinski definition) is 0. The highest BCUT2D eigenvalue weighted by Crippen LogP contribution is 2.30. The number of benzene rings is 1. The van der Waals surface area contributed by atoms with Crippen molar-refractivity contribution in [3.8, 4) is 0 Å². The first-order chi connectivity index (χ1) is 11.0. The van der Waals surface area contributed by atoms with Crippen LogP contribution in [0.2, 0.25) is 0 Å². The van der Waals surface area contributed by atoms with E-state index in [1.165, 1.54) is 6.92 Å². The van der Waals surface area contributed by atoms with Gasteiger partial charge in [-0.25, -0.2) is 0 Å². The Morgan fingerprint density at radius 1 is 1.04 bits per heavy atom. The molecule has 23 heavy (non-hydrogen) atoms. The molecule has 0 N–H and O–H groups in total. The zero-order chi connectivity index (χ0) is 16.4. The van der Waals surface area contributed by atoms with E-state index < -0.39 is 10.2 Å². The molecule has 126 valence electrons. The SMILES string of the molecule is CC(=O)N1CCN(S(=O)(=O)N2CCCC2)[C@H](c2ccccc2)C1. The third-order valence-electron chi connectivity index (χ3n) is 4.65. The molecule has 2 fully saturated rings. The summed E-state index contributed by atoms with van der Waals surface area (Å²) >= 11 is 0. The first-order valence-electron chi connectivity index (χ1n) is 8.07. The number of amides is 1. The van der Waals surface area contributed by atoms with E-state index in [1.807, 2.05) is 30.3 Å². The molecule has 1 aromatic rings. The van der Waals surface area contributed by atoms with Crippen molar-refractivity contribution in [3.63, 3.8) is 0 Å². The zero-order valence-electron chi connectivity index (χ0n) is 13.4. The normalized spacial score (nSPS) is 24.0. The van der Waals surface area contributed by atoms with Crippen LogP contribution in [0.4, 0.5) is 0 Å². The van der Waals surface area contributed by atoms with Gasteiger partial charge in [0.25, 0.3) is 10.2 Å². The van der Waals surface area contributed by atoms with E-state index in [1.54, 1.807) is 13.5 Å². The molecule has 3 rings (SSSR count). The maximum atomic E-state index is 13.0. The molecule has 1 amide bonds. The summed E-state index contributed by atoms with van der Waals surface area (Å²) in [5.74, 6) is -0.0100. The van der Waals surface area contributed by atoms with Crippen molar-refractivity contribution >= 4 is 16.1 Å². The van der Waals surface area contributed by atoms with E-state index in [0.29, 0.717) is 32.7 Å². The minimum atomic E-state index is -3.48. The highest BCUT2D eigenvalue weighted by atomic mass is 32.2. The summed E-state index contributed by atoms with van der Waals surface area (Å²) < 4.78 is 29.1. The predicted octanol–water partition coefficient (Wildman–Crippen LogP) is 1.23. The predicted molar refractivity (Wildman–Crippen MR) is 87.9 cm³/mol. The van der Waals surface area contributed by atoms with Gasteiger partial charge in [0.15, 0.2) is 0 Å². The van der Waals surface area contributed by atoms with E-state index in [4.69, 9.17) is 0 Å². The van der Waals surface area contributed by atoms with Crippen molar-refractivity contribution in [2.75, 3.05) is 32.7 Å². The highest BCUT2D eigenvalue weighted by Gasteiger charge is 2.40. The lowest BCUT2D eigenvalue weighted by Gasteiger charge is -2.41. The van der Waals surface area contributed by atoms with E-state index in [0.717, 1.165) is 18.4 Å². The summed E-state index contributed by atoms with van der Waals surface area (Å²) in [5, 5.41) is 0. The molecule has 2 heterocycles. The topological polar surface area (TPSA) is 60.9 Å². The molecule has 2 aliphatic heterocycles. The van der Waals surface area contributed by atoms with Crippen LogP contribution in [0.5, 0.6) is 0 Å². The minimum absolute atomic E-state index is 0.0100. The molecular formula is C16H23N3O3S. The fraction of sp³-hybridized carbons (Fsp3) is 0.562. The van der Waals surface area contributed by atoms with Gasteiger partial charge >= 0.3 is 0 Å². The Balaban J connectivity index is 1.92. The molecule has 0 unspecified atom stereocenters. The van der Waals surface area contributed by atoms with Gasteiger partial charge in [0, 0.05) is 39.6 Å². The van der Waals surface area contributed by atoms with Crippen LogP contribution in [-0.4, -0.2) is 60.6 Å². The third-order valence-corrected chi connectivity index (χ3v) is 6.70. The van der Waals surface area contributed by atoms with E-state index >= 15 is 0 Å². The molecule has 0 spiro atoms. The van der Waals surface area contributed by atoms with Gasteiger partial charge in [0.1, 0.15) is 0 Å². The van der Waals surface area contributed by atoms with Gasteiger partial charge in [-0.1, -0.05) is 30.3 Å². The van der Waals surface area contributed by atoms with Crippen LogP contribution in [0.25, 0.3) is 0 Å². The maximum absolute atomic E-state index is 13.0. The van der Waals surface area contributed by atoms with Crippen LogP contribution >= 0.6 is 0 Å². The smallest absolute Gasteiger partial charge is 0.282 e. The first-order valence-corrected chi connectivity index (χ1v) is 9.47. The van der Waals surface area contributed by atoms with Gasteiger partial charge in [0.2, 0.25) is 5.91 Å². The van der Waals surface area contributed by atoms with Crippen molar-refractivity contribution in [1.82, 2.24) is 13.5 Å². The lowest BCUT2D eigenvalue weighted by molar-refractivity contribution is -0.131. The third kappa shape index (κ3) is 3.27. The Kier molecular flexibility index (Phi) is 4.70. The van der Waals surface area contributed by atoms with Gasteiger partial charge in [-0.05, 0) is 18.4 Å². The molecule has 1 aromatic carbocycles. The monoisotopic (exact) mass is 337 g/mol. The Morgan fingerprint density at radius 3 is 2.30 bits per heavy atom. The zero-order valence-corrected chi connectivity index (χ0v) is 14.2. The molecular weight excluding hydrogens is 314 g/mol. The van der Waals surface area contributed by atoms with Crippen LogP contribution in [-0.2, 0) is 15.0 Å². The summed E-state index contributed by atoms with van der Waals surface area (Å²) in [6, 6.07) is 9.26. The number of rotatable bonds is 3. The number of nitrogens with zero attached hydrogens (tertiary/aromatic N) is 3. The molecule has 7 heteroatoms. The van der Waals surface area contributed by atoms with Crippen LogP contribution in [0, 0.1) is 0 Å². The molecule has 0 aliphatic carbocycles. The van der Waals surface area contributed by atoms with Crippen molar-refractivity contribution in [2.45, 2.75) is 25.8 Å². The summed E-state index contributed by atoms with van der Waals surface area (Å²) in [5.41, 5.74) is 0.932. The minimum Gasteiger partial charge on any atom is -0.340 e. The van der Waals surface area contributed by atoms with Crippen LogP contribution < -0.4 is 0 Å². The van der Waals surface area contributed by atoms with E-state index in [-0.39, 0.29) is 11.9 Å².